The number of hydrogen-bond donors (Lipinski definition) is 1. The molecule has 3 rings (SSSR count). The van der Waals surface area contributed by atoms with Crippen molar-refractivity contribution in [3.05, 3.63) is 16.9 Å². The molecule has 7 heteroatoms. The predicted molar refractivity (Wildman–Crippen MR) is 76.6 cm³/mol. The molecule has 1 aliphatic rings. The summed E-state index contributed by atoms with van der Waals surface area (Å²) < 4.78 is 18.9. The minimum absolute atomic E-state index is 0.335. The summed E-state index contributed by atoms with van der Waals surface area (Å²) >= 11 is 5.39. The van der Waals surface area contributed by atoms with Crippen LogP contribution in [0.1, 0.15) is 6.42 Å². The predicted octanol–water partition coefficient (Wildman–Crippen LogP) is 1.91. The first kappa shape index (κ1) is 13.5. The summed E-state index contributed by atoms with van der Waals surface area (Å²) in [7, 11) is 3.31. The average Bonchev–Trinajstić information content (AvgIpc) is 3.05. The van der Waals surface area contributed by atoms with Crippen LogP contribution in [0, 0.1) is 4.77 Å². The number of fused-ring (bicyclic) bond motifs is 1. The van der Waals surface area contributed by atoms with Gasteiger partial charge < -0.3 is 19.2 Å². The van der Waals surface area contributed by atoms with E-state index in [-0.39, 0.29) is 5.60 Å². The van der Waals surface area contributed by atoms with E-state index in [1.807, 2.05) is 16.7 Å². The van der Waals surface area contributed by atoms with E-state index in [1.54, 1.807) is 14.2 Å². The highest BCUT2D eigenvalue weighted by Gasteiger charge is 2.36. The monoisotopic (exact) mass is 295 g/mol. The Bertz CT molecular complexity index is 673. The zero-order chi connectivity index (χ0) is 14.2. The molecule has 1 aliphatic heterocycles. The molecule has 6 nitrogen and oxygen atoms in total. The Labute approximate surface area is 121 Å². The van der Waals surface area contributed by atoms with Crippen LogP contribution < -0.4 is 4.74 Å². The maximum atomic E-state index is 5.67. The van der Waals surface area contributed by atoms with Crippen LogP contribution in [0.4, 0.5) is 0 Å². The number of aromatic nitrogens is 3. The van der Waals surface area contributed by atoms with E-state index >= 15 is 0 Å². The van der Waals surface area contributed by atoms with Crippen molar-refractivity contribution in [2.24, 2.45) is 0 Å². The first-order chi connectivity index (χ1) is 9.67. The molecule has 1 N–H and O–H groups in total. The molecule has 0 aromatic carbocycles. The van der Waals surface area contributed by atoms with Crippen molar-refractivity contribution < 1.29 is 14.2 Å². The van der Waals surface area contributed by atoms with Gasteiger partial charge in [0.05, 0.1) is 25.8 Å². The number of ether oxygens (including phenoxy) is 3. The standard InChI is InChI=1S/C13H17N3O3S/c1-17-10-4-3-9-11(15-10)16(12(20)14-9)7-13(18-2)5-6-19-8-13/h3-4H,5-8H2,1-2H3,(H,14,20). The minimum atomic E-state index is -0.335. The lowest BCUT2D eigenvalue weighted by Crippen LogP contribution is -2.37. The summed E-state index contributed by atoms with van der Waals surface area (Å²) in [5.74, 6) is 0.564. The van der Waals surface area contributed by atoms with Crippen LogP contribution in [0.25, 0.3) is 11.2 Å². The third-order valence-corrected chi connectivity index (χ3v) is 4.07. The van der Waals surface area contributed by atoms with Gasteiger partial charge in [-0.2, -0.15) is 4.98 Å². The minimum Gasteiger partial charge on any atom is -0.481 e. The van der Waals surface area contributed by atoms with Gasteiger partial charge in [0, 0.05) is 26.2 Å². The van der Waals surface area contributed by atoms with E-state index < -0.39 is 0 Å². The van der Waals surface area contributed by atoms with Gasteiger partial charge in [0.15, 0.2) is 10.4 Å². The highest BCUT2D eigenvalue weighted by atomic mass is 32.1. The lowest BCUT2D eigenvalue weighted by atomic mass is 10.0. The zero-order valence-electron chi connectivity index (χ0n) is 11.5. The fourth-order valence-electron chi connectivity index (χ4n) is 2.50. The van der Waals surface area contributed by atoms with E-state index in [9.17, 15) is 0 Å². The quantitative estimate of drug-likeness (QED) is 0.873. The summed E-state index contributed by atoms with van der Waals surface area (Å²) in [5.41, 5.74) is 1.33. The molecule has 1 fully saturated rings. The molecule has 1 atom stereocenters. The van der Waals surface area contributed by atoms with E-state index in [0.29, 0.717) is 30.4 Å². The van der Waals surface area contributed by atoms with E-state index in [1.165, 1.54) is 0 Å². The number of rotatable bonds is 4. The molecule has 2 aromatic heterocycles. The van der Waals surface area contributed by atoms with E-state index in [4.69, 9.17) is 26.4 Å². The van der Waals surface area contributed by atoms with Crippen LogP contribution in [0.3, 0.4) is 0 Å². The number of aromatic amines is 1. The van der Waals surface area contributed by atoms with Crippen molar-refractivity contribution >= 4 is 23.4 Å². The fraction of sp³-hybridized carbons (Fsp3) is 0.538. The second-order valence-corrected chi connectivity index (χ2v) is 5.32. The topological polar surface area (TPSA) is 61.3 Å². The number of methoxy groups -OCH3 is 2. The van der Waals surface area contributed by atoms with Crippen LogP contribution in [0.15, 0.2) is 12.1 Å². The molecule has 1 saturated heterocycles. The van der Waals surface area contributed by atoms with Crippen molar-refractivity contribution in [1.82, 2.24) is 14.5 Å². The van der Waals surface area contributed by atoms with E-state index in [0.717, 1.165) is 17.6 Å². The number of pyridine rings is 1. The van der Waals surface area contributed by atoms with Gasteiger partial charge in [-0.1, -0.05) is 0 Å². The Morgan fingerprint density at radius 2 is 2.35 bits per heavy atom. The Balaban J connectivity index is 2.06. The normalized spacial score (nSPS) is 22.5. The van der Waals surface area contributed by atoms with Gasteiger partial charge in [0.2, 0.25) is 5.88 Å². The van der Waals surface area contributed by atoms with Crippen LogP contribution >= 0.6 is 12.2 Å². The fourth-order valence-corrected chi connectivity index (χ4v) is 2.76. The molecule has 108 valence electrons. The number of H-pyrrole nitrogens is 1. The van der Waals surface area contributed by atoms with Gasteiger partial charge in [0.1, 0.15) is 5.60 Å². The summed E-state index contributed by atoms with van der Waals surface area (Å²) in [6.07, 6.45) is 0.849. The first-order valence-electron chi connectivity index (χ1n) is 6.44. The Kier molecular flexibility index (Phi) is 3.49. The van der Waals surface area contributed by atoms with Crippen molar-refractivity contribution in [1.29, 1.82) is 0 Å². The number of nitrogens with zero attached hydrogens (tertiary/aromatic N) is 2. The SMILES string of the molecule is COc1ccc2[nH]c(=S)n(CC3(OC)CCOC3)c2n1. The molecule has 0 bridgehead atoms. The molecular weight excluding hydrogens is 278 g/mol. The smallest absolute Gasteiger partial charge is 0.215 e. The zero-order valence-corrected chi connectivity index (χ0v) is 12.3. The molecule has 0 spiro atoms. The second kappa shape index (κ2) is 5.16. The molecule has 20 heavy (non-hydrogen) atoms. The van der Waals surface area contributed by atoms with Crippen LogP contribution in [-0.4, -0.2) is 47.6 Å². The van der Waals surface area contributed by atoms with Gasteiger partial charge >= 0.3 is 0 Å². The molecule has 1 unspecified atom stereocenters. The largest absolute Gasteiger partial charge is 0.481 e. The number of nitrogens with one attached hydrogen (secondary N) is 1. The maximum Gasteiger partial charge on any atom is 0.215 e. The summed E-state index contributed by atoms with van der Waals surface area (Å²) in [4.78, 5) is 7.63. The van der Waals surface area contributed by atoms with Gasteiger partial charge in [-0.05, 0) is 18.3 Å². The maximum absolute atomic E-state index is 5.67. The van der Waals surface area contributed by atoms with Crippen LogP contribution in [0.5, 0.6) is 5.88 Å². The average molecular weight is 295 g/mol. The second-order valence-electron chi connectivity index (χ2n) is 4.93. The van der Waals surface area contributed by atoms with Crippen molar-refractivity contribution in [2.75, 3.05) is 27.4 Å². The highest BCUT2D eigenvalue weighted by molar-refractivity contribution is 7.71. The molecule has 0 amide bonds. The van der Waals surface area contributed by atoms with Crippen LogP contribution in [-0.2, 0) is 16.0 Å². The van der Waals surface area contributed by atoms with E-state index in [2.05, 4.69) is 9.97 Å². The highest BCUT2D eigenvalue weighted by Crippen LogP contribution is 2.27. The number of hydrogen-bond acceptors (Lipinski definition) is 5. The third-order valence-electron chi connectivity index (χ3n) is 3.75. The Morgan fingerprint density at radius 3 is 3.00 bits per heavy atom. The Morgan fingerprint density at radius 1 is 1.50 bits per heavy atom. The van der Waals surface area contributed by atoms with Crippen molar-refractivity contribution in [2.45, 2.75) is 18.6 Å². The summed E-state index contributed by atoms with van der Waals surface area (Å²) in [5, 5.41) is 0. The van der Waals surface area contributed by atoms with Gasteiger partial charge in [-0.15, -0.1) is 0 Å². The lowest BCUT2D eigenvalue weighted by molar-refractivity contribution is -0.0291. The molecule has 0 saturated carbocycles. The lowest BCUT2D eigenvalue weighted by Gasteiger charge is -2.26. The van der Waals surface area contributed by atoms with Crippen molar-refractivity contribution in [3.8, 4) is 5.88 Å². The van der Waals surface area contributed by atoms with Crippen molar-refractivity contribution in [3.63, 3.8) is 0 Å². The number of imidazole rings is 1. The van der Waals surface area contributed by atoms with Gasteiger partial charge in [-0.25, -0.2) is 0 Å². The molecule has 0 aliphatic carbocycles. The molecular formula is C13H17N3O3S. The molecule has 0 radical (unpaired) electrons. The molecule has 2 aromatic rings. The Hall–Kier alpha value is -1.44. The molecule has 3 heterocycles. The van der Waals surface area contributed by atoms with Gasteiger partial charge in [0.25, 0.3) is 0 Å². The van der Waals surface area contributed by atoms with Crippen LogP contribution in [0.2, 0.25) is 0 Å². The first-order valence-corrected chi connectivity index (χ1v) is 6.85. The summed E-state index contributed by atoms with van der Waals surface area (Å²) in [6, 6.07) is 3.72. The third kappa shape index (κ3) is 2.21. The summed E-state index contributed by atoms with van der Waals surface area (Å²) in [6.45, 7) is 1.89. The van der Waals surface area contributed by atoms with Gasteiger partial charge in [-0.3, -0.25) is 4.57 Å².